The van der Waals surface area contributed by atoms with Crippen LogP contribution in [0.15, 0.2) is 35.7 Å². The van der Waals surface area contributed by atoms with Gasteiger partial charge in [0, 0.05) is 23.8 Å². The third kappa shape index (κ3) is 2.77. The molecule has 4 nitrogen and oxygen atoms in total. The average Bonchev–Trinajstić information content (AvgIpc) is 3.06. The summed E-state index contributed by atoms with van der Waals surface area (Å²) in [5.74, 6) is 0.402. The SMILES string of the molecule is O=C(O)C1Cc2ccc(OCCc3cccs3)cc2O1. The molecule has 0 saturated heterocycles. The normalized spacial score (nSPS) is 16.5. The van der Waals surface area contributed by atoms with Crippen LogP contribution in [0.3, 0.4) is 0 Å². The highest BCUT2D eigenvalue weighted by molar-refractivity contribution is 7.09. The fraction of sp³-hybridized carbons (Fsp3) is 0.267. The molecule has 1 aliphatic rings. The first-order valence-electron chi connectivity index (χ1n) is 6.40. The Kier molecular flexibility index (Phi) is 3.60. The van der Waals surface area contributed by atoms with Gasteiger partial charge in [-0.15, -0.1) is 11.3 Å². The minimum absolute atomic E-state index is 0.417. The summed E-state index contributed by atoms with van der Waals surface area (Å²) in [5, 5.41) is 11.0. The van der Waals surface area contributed by atoms with E-state index in [2.05, 4.69) is 6.07 Å². The van der Waals surface area contributed by atoms with Crippen LogP contribution in [0, 0.1) is 0 Å². The number of fused-ring (bicyclic) bond motifs is 1. The fourth-order valence-electron chi connectivity index (χ4n) is 2.16. The number of ether oxygens (including phenoxy) is 2. The summed E-state index contributed by atoms with van der Waals surface area (Å²) in [6.45, 7) is 0.599. The zero-order chi connectivity index (χ0) is 13.9. The van der Waals surface area contributed by atoms with Crippen LogP contribution in [0.4, 0.5) is 0 Å². The van der Waals surface area contributed by atoms with Crippen LogP contribution in [0.25, 0.3) is 0 Å². The van der Waals surface area contributed by atoms with Gasteiger partial charge in [-0.05, 0) is 23.1 Å². The van der Waals surface area contributed by atoms with Gasteiger partial charge in [0.25, 0.3) is 0 Å². The van der Waals surface area contributed by atoms with Gasteiger partial charge in [0.2, 0.25) is 0 Å². The van der Waals surface area contributed by atoms with Crippen LogP contribution >= 0.6 is 11.3 Å². The lowest BCUT2D eigenvalue weighted by Crippen LogP contribution is -2.24. The van der Waals surface area contributed by atoms with Gasteiger partial charge in [0.15, 0.2) is 6.10 Å². The van der Waals surface area contributed by atoms with Crippen LogP contribution < -0.4 is 9.47 Å². The zero-order valence-electron chi connectivity index (χ0n) is 10.7. The number of aliphatic carboxylic acids is 1. The highest BCUT2D eigenvalue weighted by Gasteiger charge is 2.28. The molecule has 1 N–H and O–H groups in total. The zero-order valence-corrected chi connectivity index (χ0v) is 11.6. The van der Waals surface area contributed by atoms with E-state index in [1.165, 1.54) is 4.88 Å². The van der Waals surface area contributed by atoms with Crippen LogP contribution in [0.5, 0.6) is 11.5 Å². The maximum Gasteiger partial charge on any atom is 0.345 e. The highest BCUT2D eigenvalue weighted by Crippen LogP contribution is 2.32. The smallest absolute Gasteiger partial charge is 0.345 e. The predicted octanol–water partition coefficient (Wildman–Crippen LogP) is 2.76. The molecule has 0 radical (unpaired) electrons. The number of carboxylic acid groups (broad SMARTS) is 1. The Bertz CT molecular complexity index is 606. The van der Waals surface area contributed by atoms with E-state index in [0.29, 0.717) is 24.5 Å². The van der Waals surface area contributed by atoms with Gasteiger partial charge in [0.1, 0.15) is 11.5 Å². The molecule has 2 aromatic rings. The molecule has 0 bridgehead atoms. The second kappa shape index (κ2) is 5.54. The van der Waals surface area contributed by atoms with E-state index in [1.54, 1.807) is 17.4 Å². The Balaban J connectivity index is 1.60. The molecule has 0 fully saturated rings. The Morgan fingerprint density at radius 2 is 2.35 bits per heavy atom. The molecular weight excluding hydrogens is 276 g/mol. The maximum atomic E-state index is 10.9. The molecule has 0 aliphatic carbocycles. The van der Waals surface area contributed by atoms with Crippen molar-refractivity contribution in [3.05, 3.63) is 46.2 Å². The third-order valence-corrected chi connectivity index (χ3v) is 4.12. The molecule has 1 aliphatic heterocycles. The van der Waals surface area contributed by atoms with Gasteiger partial charge in [-0.2, -0.15) is 0 Å². The summed E-state index contributed by atoms with van der Waals surface area (Å²) in [5.41, 5.74) is 0.919. The molecule has 1 atom stereocenters. The Labute approximate surface area is 120 Å². The molecule has 5 heteroatoms. The van der Waals surface area contributed by atoms with Gasteiger partial charge in [-0.3, -0.25) is 0 Å². The van der Waals surface area contributed by atoms with Gasteiger partial charge < -0.3 is 14.6 Å². The summed E-state index contributed by atoms with van der Waals surface area (Å²) in [6.07, 6.45) is 0.513. The molecular formula is C15H14O4S. The van der Waals surface area contributed by atoms with Crippen LogP contribution in [-0.4, -0.2) is 23.8 Å². The van der Waals surface area contributed by atoms with E-state index in [4.69, 9.17) is 14.6 Å². The quantitative estimate of drug-likeness (QED) is 0.920. The fourth-order valence-corrected chi connectivity index (χ4v) is 2.85. The molecule has 1 unspecified atom stereocenters. The Hall–Kier alpha value is -2.01. The van der Waals surface area contributed by atoms with E-state index >= 15 is 0 Å². The monoisotopic (exact) mass is 290 g/mol. The Morgan fingerprint density at radius 1 is 1.45 bits per heavy atom. The van der Waals surface area contributed by atoms with Crippen molar-refractivity contribution in [2.75, 3.05) is 6.61 Å². The average molecular weight is 290 g/mol. The topological polar surface area (TPSA) is 55.8 Å². The lowest BCUT2D eigenvalue weighted by atomic mass is 10.1. The number of hydrogen-bond donors (Lipinski definition) is 1. The van der Waals surface area contributed by atoms with Crippen molar-refractivity contribution < 1.29 is 19.4 Å². The third-order valence-electron chi connectivity index (χ3n) is 3.19. The van der Waals surface area contributed by atoms with E-state index in [-0.39, 0.29) is 0 Å². The number of benzene rings is 1. The summed E-state index contributed by atoms with van der Waals surface area (Å²) in [4.78, 5) is 12.2. The number of hydrogen-bond acceptors (Lipinski definition) is 4. The van der Waals surface area contributed by atoms with Gasteiger partial charge in [0.05, 0.1) is 6.61 Å². The number of carboxylic acids is 1. The lowest BCUT2D eigenvalue weighted by Gasteiger charge is -2.07. The standard InChI is InChI=1S/C15H14O4S/c16-15(17)14-8-10-3-4-11(9-13(10)19-14)18-6-5-12-2-1-7-20-12/h1-4,7,9,14H,5-6,8H2,(H,16,17). The van der Waals surface area contributed by atoms with E-state index in [1.807, 2.05) is 23.6 Å². The summed E-state index contributed by atoms with van der Waals surface area (Å²) < 4.78 is 11.1. The first kappa shape index (κ1) is 13.0. The maximum absolute atomic E-state index is 10.9. The van der Waals surface area contributed by atoms with Gasteiger partial charge in [-0.1, -0.05) is 12.1 Å². The molecule has 1 aromatic carbocycles. The number of thiophene rings is 1. The molecule has 2 heterocycles. The van der Waals surface area contributed by atoms with Crippen LogP contribution in [0.2, 0.25) is 0 Å². The second-order valence-corrected chi connectivity index (χ2v) is 5.63. The van der Waals surface area contributed by atoms with Gasteiger partial charge in [-0.25, -0.2) is 4.79 Å². The second-order valence-electron chi connectivity index (χ2n) is 4.60. The van der Waals surface area contributed by atoms with Crippen molar-refractivity contribution in [3.63, 3.8) is 0 Å². The number of rotatable bonds is 5. The van der Waals surface area contributed by atoms with Crippen molar-refractivity contribution in [3.8, 4) is 11.5 Å². The van der Waals surface area contributed by atoms with Crippen LogP contribution in [0.1, 0.15) is 10.4 Å². The molecule has 0 saturated carbocycles. The molecule has 1 aromatic heterocycles. The summed E-state index contributed by atoms with van der Waals surface area (Å²) >= 11 is 1.71. The molecule has 0 amide bonds. The molecule has 0 spiro atoms. The van der Waals surface area contributed by atoms with Crippen molar-refractivity contribution in [1.29, 1.82) is 0 Å². The van der Waals surface area contributed by atoms with Crippen molar-refractivity contribution >= 4 is 17.3 Å². The molecule has 20 heavy (non-hydrogen) atoms. The van der Waals surface area contributed by atoms with Crippen LogP contribution in [-0.2, 0) is 17.6 Å². The predicted molar refractivity (Wildman–Crippen MR) is 75.7 cm³/mol. The number of carbonyl (C=O) groups is 1. The largest absolute Gasteiger partial charge is 0.493 e. The minimum atomic E-state index is -0.929. The Morgan fingerprint density at radius 3 is 3.10 bits per heavy atom. The molecule has 104 valence electrons. The van der Waals surface area contributed by atoms with Crippen molar-refractivity contribution in [2.24, 2.45) is 0 Å². The lowest BCUT2D eigenvalue weighted by molar-refractivity contribution is -0.144. The highest BCUT2D eigenvalue weighted by atomic mass is 32.1. The van der Waals surface area contributed by atoms with E-state index in [0.717, 1.165) is 12.0 Å². The minimum Gasteiger partial charge on any atom is -0.493 e. The first-order chi connectivity index (χ1) is 9.72. The van der Waals surface area contributed by atoms with Gasteiger partial charge >= 0.3 is 5.97 Å². The summed E-state index contributed by atoms with van der Waals surface area (Å²) in [6, 6.07) is 9.61. The molecule has 3 rings (SSSR count). The summed E-state index contributed by atoms with van der Waals surface area (Å²) in [7, 11) is 0. The van der Waals surface area contributed by atoms with Crippen molar-refractivity contribution in [1.82, 2.24) is 0 Å². The van der Waals surface area contributed by atoms with Crippen molar-refractivity contribution in [2.45, 2.75) is 18.9 Å². The van der Waals surface area contributed by atoms with E-state index in [9.17, 15) is 4.79 Å². The first-order valence-corrected chi connectivity index (χ1v) is 7.28. The van der Waals surface area contributed by atoms with E-state index < -0.39 is 12.1 Å².